The van der Waals surface area contributed by atoms with Gasteiger partial charge in [-0.25, -0.2) is 9.67 Å². The van der Waals surface area contributed by atoms with Crippen molar-refractivity contribution in [2.45, 2.75) is 69.2 Å². The highest BCUT2D eigenvalue weighted by atomic mass is 16.5. The van der Waals surface area contributed by atoms with Crippen LogP contribution in [0.4, 0.5) is 0 Å². The number of carbonyl (C=O) groups excluding carboxylic acids is 1. The van der Waals surface area contributed by atoms with Crippen LogP contribution in [0.1, 0.15) is 77.3 Å². The van der Waals surface area contributed by atoms with Crippen LogP contribution in [-0.2, 0) is 16.6 Å². The van der Waals surface area contributed by atoms with Crippen molar-refractivity contribution < 1.29 is 9.53 Å². The maximum Gasteiger partial charge on any atom is 0.170 e. The number of nitrogens with zero attached hydrogens (tertiary/aromatic N) is 6. The summed E-state index contributed by atoms with van der Waals surface area (Å²) in [5.74, 6) is 1.38. The predicted molar refractivity (Wildman–Crippen MR) is 142 cm³/mol. The summed E-state index contributed by atoms with van der Waals surface area (Å²) in [4.78, 5) is 24.9. The summed E-state index contributed by atoms with van der Waals surface area (Å²) in [6, 6.07) is 11.1. The molecule has 0 atom stereocenters. The molecule has 8 heteroatoms. The third kappa shape index (κ3) is 4.89. The number of morpholine rings is 1. The topological polar surface area (TPSA) is 96.9 Å². The fourth-order valence-corrected chi connectivity index (χ4v) is 6.02. The quantitative estimate of drug-likeness (QED) is 0.437. The molecule has 1 saturated heterocycles. The summed E-state index contributed by atoms with van der Waals surface area (Å²) in [6.07, 6.45) is 11.7. The van der Waals surface area contributed by atoms with E-state index in [1.807, 2.05) is 31.3 Å². The number of hydrogen-bond acceptors (Lipinski definition) is 7. The summed E-state index contributed by atoms with van der Waals surface area (Å²) in [5.41, 5.74) is 3.76. The smallest absolute Gasteiger partial charge is 0.170 e. The van der Waals surface area contributed by atoms with Crippen LogP contribution in [0.2, 0.25) is 0 Å². The number of pyridine rings is 2. The Kier molecular flexibility index (Phi) is 6.81. The normalized spacial score (nSPS) is 24.2. The lowest BCUT2D eigenvalue weighted by Gasteiger charge is -2.41. The minimum absolute atomic E-state index is 0.00100. The fourth-order valence-electron chi connectivity index (χ4n) is 6.02. The van der Waals surface area contributed by atoms with Crippen molar-refractivity contribution in [3.8, 4) is 11.9 Å². The Bertz CT molecular complexity index is 1320. The largest absolute Gasteiger partial charge is 0.379 e. The molecule has 0 spiro atoms. The first-order valence-corrected chi connectivity index (χ1v) is 13.8. The molecule has 3 aromatic rings. The third-order valence-electron chi connectivity index (χ3n) is 8.61. The first kappa shape index (κ1) is 24.9. The second-order valence-electron chi connectivity index (χ2n) is 11.0. The van der Waals surface area contributed by atoms with E-state index in [2.05, 4.69) is 27.1 Å². The van der Waals surface area contributed by atoms with Gasteiger partial charge < -0.3 is 4.74 Å². The molecule has 38 heavy (non-hydrogen) atoms. The lowest BCUT2D eigenvalue weighted by atomic mass is 9.71. The van der Waals surface area contributed by atoms with Crippen LogP contribution in [0, 0.1) is 18.3 Å². The lowest BCUT2D eigenvalue weighted by molar-refractivity contribution is 0.00493. The van der Waals surface area contributed by atoms with E-state index in [1.165, 1.54) is 18.4 Å². The van der Waals surface area contributed by atoms with Gasteiger partial charge in [0.05, 0.1) is 47.8 Å². The average Bonchev–Trinajstić information content (AvgIpc) is 3.75. The monoisotopic (exact) mass is 510 g/mol. The average molecular weight is 511 g/mol. The molecule has 0 N–H and O–H groups in total. The van der Waals surface area contributed by atoms with Crippen LogP contribution >= 0.6 is 0 Å². The van der Waals surface area contributed by atoms with Gasteiger partial charge in [0, 0.05) is 37.9 Å². The van der Waals surface area contributed by atoms with Gasteiger partial charge in [-0.1, -0.05) is 12.1 Å². The Morgan fingerprint density at radius 1 is 1.05 bits per heavy atom. The highest BCUT2D eigenvalue weighted by Crippen LogP contribution is 2.40. The van der Waals surface area contributed by atoms with E-state index in [9.17, 15) is 10.1 Å². The minimum Gasteiger partial charge on any atom is -0.379 e. The Morgan fingerprint density at radius 3 is 2.47 bits per heavy atom. The molecular weight excluding hydrogens is 476 g/mol. The summed E-state index contributed by atoms with van der Waals surface area (Å²) in [6.45, 7) is 5.46. The Morgan fingerprint density at radius 2 is 1.84 bits per heavy atom. The Hall–Kier alpha value is -3.41. The van der Waals surface area contributed by atoms with Crippen LogP contribution in [0.3, 0.4) is 0 Å². The van der Waals surface area contributed by atoms with Gasteiger partial charge in [0.15, 0.2) is 11.6 Å². The minimum atomic E-state index is -0.550. The summed E-state index contributed by atoms with van der Waals surface area (Å²) in [5, 5.41) is 14.6. The van der Waals surface area contributed by atoms with Crippen molar-refractivity contribution >= 4 is 5.78 Å². The van der Waals surface area contributed by atoms with Crippen LogP contribution in [0.25, 0.3) is 5.82 Å². The highest BCUT2D eigenvalue weighted by molar-refractivity contribution is 5.98. The number of carbonyl (C=O) groups is 1. The zero-order valence-corrected chi connectivity index (χ0v) is 22.0. The van der Waals surface area contributed by atoms with Crippen LogP contribution in [-0.4, -0.2) is 62.8 Å². The van der Waals surface area contributed by atoms with Crippen LogP contribution < -0.4 is 0 Å². The first-order chi connectivity index (χ1) is 18.6. The Labute approximate surface area is 223 Å². The van der Waals surface area contributed by atoms with Crippen molar-refractivity contribution in [1.29, 1.82) is 5.26 Å². The van der Waals surface area contributed by atoms with E-state index in [0.29, 0.717) is 17.5 Å². The number of Topliss-reactive ketones (excluding diaryl/α,β-unsaturated/α-hetero) is 1. The molecule has 3 fully saturated rings. The molecule has 6 rings (SSSR count). The summed E-state index contributed by atoms with van der Waals surface area (Å²) < 4.78 is 7.23. The van der Waals surface area contributed by atoms with Gasteiger partial charge in [-0.2, -0.15) is 10.4 Å². The Balaban J connectivity index is 1.10. The highest BCUT2D eigenvalue weighted by Gasteiger charge is 2.40. The molecule has 0 bridgehead atoms. The summed E-state index contributed by atoms with van der Waals surface area (Å²) in [7, 11) is 0. The van der Waals surface area contributed by atoms with Crippen molar-refractivity contribution in [3.63, 3.8) is 0 Å². The zero-order valence-electron chi connectivity index (χ0n) is 22.0. The SMILES string of the molecule is Cc1c(C(=O)Cc2ccc(C3(C#N)CCC(N4CCOCC4)CC3)nc2)cnn1-c1ccc(C2CC2)cn1. The molecule has 3 aromatic heterocycles. The second-order valence-corrected chi connectivity index (χ2v) is 11.0. The van der Waals surface area contributed by atoms with E-state index >= 15 is 0 Å². The molecule has 3 aliphatic rings. The maximum absolute atomic E-state index is 13.2. The van der Waals surface area contributed by atoms with Crippen molar-refractivity contribution in [2.75, 3.05) is 26.3 Å². The van der Waals surface area contributed by atoms with E-state index in [1.54, 1.807) is 17.1 Å². The van der Waals surface area contributed by atoms with E-state index in [0.717, 1.165) is 74.8 Å². The number of nitriles is 1. The van der Waals surface area contributed by atoms with Crippen molar-refractivity contribution in [2.24, 2.45) is 0 Å². The van der Waals surface area contributed by atoms with Crippen molar-refractivity contribution in [3.05, 3.63) is 70.9 Å². The van der Waals surface area contributed by atoms with Gasteiger partial charge in [-0.3, -0.25) is 14.7 Å². The molecular formula is C30H34N6O2. The number of ketones is 1. The van der Waals surface area contributed by atoms with E-state index in [4.69, 9.17) is 9.72 Å². The zero-order chi connectivity index (χ0) is 26.1. The maximum atomic E-state index is 13.2. The van der Waals surface area contributed by atoms with E-state index in [-0.39, 0.29) is 12.2 Å². The molecule has 2 aliphatic carbocycles. The van der Waals surface area contributed by atoms with Gasteiger partial charge in [-0.05, 0) is 74.6 Å². The molecule has 0 unspecified atom stereocenters. The fraction of sp³-hybridized carbons (Fsp3) is 0.500. The molecule has 4 heterocycles. The lowest BCUT2D eigenvalue weighted by Crippen LogP contribution is -2.47. The molecule has 0 amide bonds. The molecule has 0 aromatic carbocycles. The molecule has 196 valence electrons. The van der Waals surface area contributed by atoms with Gasteiger partial charge in [0.1, 0.15) is 0 Å². The molecule has 2 saturated carbocycles. The van der Waals surface area contributed by atoms with Gasteiger partial charge in [0.25, 0.3) is 0 Å². The van der Waals surface area contributed by atoms with Gasteiger partial charge >= 0.3 is 0 Å². The van der Waals surface area contributed by atoms with Crippen molar-refractivity contribution in [1.82, 2.24) is 24.6 Å². The molecule has 0 radical (unpaired) electrons. The predicted octanol–water partition coefficient (Wildman–Crippen LogP) is 4.31. The van der Waals surface area contributed by atoms with Crippen LogP contribution in [0.15, 0.2) is 42.9 Å². The standard InChI is InChI=1S/C30H34N6O2/c1-21-26(19-34-36(21)29-7-5-24(18-33-29)23-3-4-23)27(37)16-22-2-6-28(32-17-22)30(20-31)10-8-25(9-11-30)35-12-14-38-15-13-35/h2,5-7,17-19,23,25H,3-4,8-16H2,1H3. The number of hydrogen-bond donors (Lipinski definition) is 0. The first-order valence-electron chi connectivity index (χ1n) is 13.8. The number of ether oxygens (including phenoxy) is 1. The van der Waals surface area contributed by atoms with Gasteiger partial charge in [-0.15, -0.1) is 0 Å². The van der Waals surface area contributed by atoms with Gasteiger partial charge in [0.2, 0.25) is 0 Å². The molecule has 1 aliphatic heterocycles. The third-order valence-corrected chi connectivity index (χ3v) is 8.61. The van der Waals surface area contributed by atoms with Crippen LogP contribution in [0.5, 0.6) is 0 Å². The second kappa shape index (κ2) is 10.4. The number of rotatable bonds is 7. The number of aromatic nitrogens is 4. The summed E-state index contributed by atoms with van der Waals surface area (Å²) >= 11 is 0. The van der Waals surface area contributed by atoms with E-state index < -0.39 is 5.41 Å². The molecule has 8 nitrogen and oxygen atoms in total.